The number of aromatic nitrogens is 4. The minimum absolute atomic E-state index is 0.133. The van der Waals surface area contributed by atoms with Gasteiger partial charge in [-0.25, -0.2) is 4.68 Å². The normalized spacial score (nSPS) is 24.7. The molecule has 0 aliphatic carbocycles. The molecular formula is C22H24N6O3. The van der Waals surface area contributed by atoms with Crippen LogP contribution >= 0.6 is 0 Å². The van der Waals surface area contributed by atoms with Crippen LogP contribution in [0.1, 0.15) is 16.4 Å². The summed E-state index contributed by atoms with van der Waals surface area (Å²) >= 11 is 0. The van der Waals surface area contributed by atoms with Crippen molar-refractivity contribution in [3.63, 3.8) is 0 Å². The molecule has 0 spiro atoms. The van der Waals surface area contributed by atoms with Crippen molar-refractivity contribution in [2.75, 3.05) is 32.2 Å². The van der Waals surface area contributed by atoms with Crippen molar-refractivity contribution in [1.29, 1.82) is 0 Å². The average molecular weight is 420 g/mol. The number of carbonyl (C=O) groups is 1. The number of hydrogen-bond acceptors (Lipinski definition) is 7. The molecule has 3 aromatic rings. The molecule has 1 N–H and O–H groups in total. The summed E-state index contributed by atoms with van der Waals surface area (Å²) in [6.45, 7) is 0.806. The molecule has 2 saturated heterocycles. The fraction of sp³-hybridized carbons (Fsp3) is 0.364. The largest absolute Gasteiger partial charge is 0.378 e. The second-order valence-electron chi connectivity index (χ2n) is 8.00. The lowest BCUT2D eigenvalue weighted by atomic mass is 10.1. The molecule has 9 nitrogen and oxygen atoms in total. The zero-order valence-corrected chi connectivity index (χ0v) is 17.4. The molecule has 9 heteroatoms. The van der Waals surface area contributed by atoms with Crippen molar-refractivity contribution in [2.24, 2.45) is 0 Å². The number of benzene rings is 2. The average Bonchev–Trinajstić information content (AvgIpc) is 3.52. The summed E-state index contributed by atoms with van der Waals surface area (Å²) < 4.78 is 13.9. The third-order valence-corrected chi connectivity index (χ3v) is 5.83. The van der Waals surface area contributed by atoms with Gasteiger partial charge in [0.2, 0.25) is 0 Å². The highest BCUT2D eigenvalue weighted by Gasteiger charge is 2.50. The van der Waals surface area contributed by atoms with E-state index in [-0.39, 0.29) is 30.2 Å². The number of fused-ring (bicyclic) bond motifs is 1. The van der Waals surface area contributed by atoms with Crippen LogP contribution in [0.2, 0.25) is 0 Å². The van der Waals surface area contributed by atoms with Crippen LogP contribution in [-0.2, 0) is 9.47 Å². The van der Waals surface area contributed by atoms with Gasteiger partial charge in [0.15, 0.2) is 5.82 Å². The Morgan fingerprint density at radius 2 is 1.77 bits per heavy atom. The Morgan fingerprint density at radius 3 is 2.52 bits per heavy atom. The summed E-state index contributed by atoms with van der Waals surface area (Å²) in [5, 5.41) is 15.4. The number of rotatable bonds is 5. The number of hydrogen-bond donors (Lipinski definition) is 1. The number of anilines is 1. The Labute approximate surface area is 180 Å². The highest BCUT2D eigenvalue weighted by molar-refractivity contribution is 5.94. The second-order valence-corrected chi connectivity index (χ2v) is 8.00. The fourth-order valence-electron chi connectivity index (χ4n) is 4.17. The molecule has 2 fully saturated rings. The van der Waals surface area contributed by atoms with Crippen LogP contribution in [-0.4, -0.2) is 71.7 Å². The maximum absolute atomic E-state index is 12.6. The molecule has 0 unspecified atom stereocenters. The highest BCUT2D eigenvalue weighted by Crippen LogP contribution is 2.36. The summed E-state index contributed by atoms with van der Waals surface area (Å²) in [7, 11) is 4.00. The standard InChI is InChI=1S/C22H24N6O3/c1-27(2)16-10-8-14(9-11-16)21-24-25-26-28(21)18-13-31-19-17(12-30-20(18)19)23-22(29)15-6-4-3-5-7-15/h3-11,17-20H,12-13H2,1-2H3,(H,23,29)/t17-,18-,19+,20+/m0/s1. The van der Waals surface area contributed by atoms with Gasteiger partial charge in [-0.2, -0.15) is 0 Å². The highest BCUT2D eigenvalue weighted by atomic mass is 16.6. The lowest BCUT2D eigenvalue weighted by molar-refractivity contribution is 0.0615. The number of carbonyl (C=O) groups excluding carboxylic acids is 1. The van der Waals surface area contributed by atoms with Gasteiger partial charge in [-0.15, -0.1) is 5.10 Å². The van der Waals surface area contributed by atoms with Crippen LogP contribution in [0.3, 0.4) is 0 Å². The molecule has 31 heavy (non-hydrogen) atoms. The topological polar surface area (TPSA) is 94.4 Å². The Morgan fingerprint density at radius 1 is 1.03 bits per heavy atom. The van der Waals surface area contributed by atoms with Crippen LogP contribution in [0, 0.1) is 0 Å². The lowest BCUT2D eigenvalue weighted by Crippen LogP contribution is -2.44. The van der Waals surface area contributed by atoms with Crippen molar-refractivity contribution in [2.45, 2.75) is 24.3 Å². The monoisotopic (exact) mass is 420 g/mol. The fourth-order valence-corrected chi connectivity index (χ4v) is 4.17. The summed E-state index contributed by atoms with van der Waals surface area (Å²) in [6.07, 6.45) is -0.477. The van der Waals surface area contributed by atoms with Gasteiger partial charge in [0.1, 0.15) is 18.2 Å². The van der Waals surface area contributed by atoms with E-state index in [2.05, 4.69) is 20.8 Å². The van der Waals surface area contributed by atoms with Gasteiger partial charge in [0, 0.05) is 30.9 Å². The van der Waals surface area contributed by atoms with Gasteiger partial charge in [-0.3, -0.25) is 4.79 Å². The molecule has 2 aliphatic heterocycles. The number of nitrogens with one attached hydrogen (secondary N) is 1. The van der Waals surface area contributed by atoms with Crippen molar-refractivity contribution >= 4 is 11.6 Å². The van der Waals surface area contributed by atoms with E-state index in [0.717, 1.165) is 11.3 Å². The van der Waals surface area contributed by atoms with E-state index < -0.39 is 0 Å². The van der Waals surface area contributed by atoms with Gasteiger partial charge in [0.25, 0.3) is 5.91 Å². The molecule has 160 valence electrons. The van der Waals surface area contributed by atoms with E-state index in [1.807, 2.05) is 61.5 Å². The van der Waals surface area contributed by atoms with Crippen molar-refractivity contribution in [1.82, 2.24) is 25.5 Å². The molecule has 2 aromatic carbocycles. The first-order valence-corrected chi connectivity index (χ1v) is 10.3. The SMILES string of the molecule is CN(C)c1ccc(-c2nnnn2[C@H]2CO[C@H]3[C@@H]2OC[C@@H]3NC(=O)c2ccccc2)cc1. The van der Waals surface area contributed by atoms with Crippen molar-refractivity contribution in [3.8, 4) is 11.4 Å². The van der Waals surface area contributed by atoms with Crippen LogP contribution in [0.15, 0.2) is 54.6 Å². The lowest BCUT2D eigenvalue weighted by Gasteiger charge is -2.18. The zero-order chi connectivity index (χ0) is 21.4. The molecule has 0 radical (unpaired) electrons. The smallest absolute Gasteiger partial charge is 0.251 e. The number of amides is 1. The first-order chi connectivity index (χ1) is 15.1. The van der Waals surface area contributed by atoms with E-state index >= 15 is 0 Å². The number of nitrogens with zero attached hydrogens (tertiary/aromatic N) is 5. The molecule has 5 rings (SSSR count). The summed E-state index contributed by atoms with van der Waals surface area (Å²) in [5.41, 5.74) is 2.64. The first-order valence-electron chi connectivity index (χ1n) is 10.3. The third-order valence-electron chi connectivity index (χ3n) is 5.83. The van der Waals surface area contributed by atoms with E-state index in [4.69, 9.17) is 9.47 Å². The second kappa shape index (κ2) is 8.09. The Bertz CT molecular complexity index is 1050. The zero-order valence-electron chi connectivity index (χ0n) is 17.4. The molecule has 0 bridgehead atoms. The van der Waals surface area contributed by atoms with Gasteiger partial charge in [-0.05, 0) is 46.8 Å². The van der Waals surface area contributed by atoms with E-state index in [1.54, 1.807) is 16.8 Å². The van der Waals surface area contributed by atoms with E-state index in [9.17, 15) is 4.79 Å². The van der Waals surface area contributed by atoms with Gasteiger partial charge >= 0.3 is 0 Å². The molecule has 2 aliphatic rings. The molecular weight excluding hydrogens is 396 g/mol. The summed E-state index contributed by atoms with van der Waals surface area (Å²) in [5.74, 6) is 0.533. The van der Waals surface area contributed by atoms with E-state index in [1.165, 1.54) is 0 Å². The predicted octanol–water partition coefficient (Wildman–Crippen LogP) is 1.54. The minimum atomic E-state index is -0.245. The molecule has 3 heterocycles. The summed E-state index contributed by atoms with van der Waals surface area (Å²) in [6, 6.07) is 16.8. The third kappa shape index (κ3) is 3.66. The molecule has 1 aromatic heterocycles. The van der Waals surface area contributed by atoms with Crippen LogP contribution < -0.4 is 10.2 Å². The van der Waals surface area contributed by atoms with Gasteiger partial charge in [0.05, 0.1) is 19.3 Å². The Kier molecular flexibility index (Phi) is 5.13. The minimum Gasteiger partial charge on any atom is -0.378 e. The van der Waals surface area contributed by atoms with Crippen LogP contribution in [0.5, 0.6) is 0 Å². The molecule has 4 atom stereocenters. The Balaban J connectivity index is 1.32. The van der Waals surface area contributed by atoms with Crippen LogP contribution in [0.4, 0.5) is 5.69 Å². The van der Waals surface area contributed by atoms with Crippen molar-refractivity contribution in [3.05, 3.63) is 60.2 Å². The van der Waals surface area contributed by atoms with Gasteiger partial charge in [-0.1, -0.05) is 18.2 Å². The predicted molar refractivity (Wildman–Crippen MR) is 114 cm³/mol. The number of ether oxygens (including phenoxy) is 2. The molecule has 0 saturated carbocycles. The quantitative estimate of drug-likeness (QED) is 0.669. The van der Waals surface area contributed by atoms with Crippen molar-refractivity contribution < 1.29 is 14.3 Å². The van der Waals surface area contributed by atoms with E-state index in [0.29, 0.717) is 24.6 Å². The maximum Gasteiger partial charge on any atom is 0.251 e. The number of tetrazole rings is 1. The molecule has 1 amide bonds. The first kappa shape index (κ1) is 19.7. The summed E-state index contributed by atoms with van der Waals surface area (Å²) in [4.78, 5) is 14.6. The van der Waals surface area contributed by atoms with Crippen LogP contribution in [0.25, 0.3) is 11.4 Å². The Hall–Kier alpha value is -3.30. The maximum atomic E-state index is 12.6. The van der Waals surface area contributed by atoms with Gasteiger partial charge < -0.3 is 19.7 Å².